The highest BCUT2D eigenvalue weighted by Gasteiger charge is 2.52. The molecule has 258 valence electrons. The molecule has 2 bridgehead atoms. The van der Waals surface area contributed by atoms with Gasteiger partial charge in [-0.3, -0.25) is 9.59 Å². The Kier molecular flexibility index (Phi) is 10.5. The summed E-state index contributed by atoms with van der Waals surface area (Å²) >= 11 is 6.44. The number of nitrogens with zero attached hydrogens (tertiary/aromatic N) is 2. The number of nitrogens with one attached hydrogen (secondary N) is 1. The lowest BCUT2D eigenvalue weighted by molar-refractivity contribution is -0.160. The van der Waals surface area contributed by atoms with Crippen LogP contribution in [0.5, 0.6) is 5.75 Å². The van der Waals surface area contributed by atoms with Gasteiger partial charge in [0.1, 0.15) is 5.75 Å². The molecule has 1 N–H and O–H groups in total. The van der Waals surface area contributed by atoms with Gasteiger partial charge in [-0.25, -0.2) is 13.1 Å². The Morgan fingerprint density at radius 2 is 1.91 bits per heavy atom. The molecule has 0 radical (unpaired) electrons. The van der Waals surface area contributed by atoms with E-state index in [1.54, 1.807) is 51.2 Å². The highest BCUT2D eigenvalue weighted by molar-refractivity contribution is 7.90. The summed E-state index contributed by atoms with van der Waals surface area (Å²) in [4.78, 5) is 31.2. The van der Waals surface area contributed by atoms with E-state index in [0.29, 0.717) is 31.9 Å². The molecule has 0 aromatic heterocycles. The number of allylic oxidation sites excluding steroid dienone is 4. The number of carbonyl (C=O) groups is 2. The zero-order chi connectivity index (χ0) is 34.1. The van der Waals surface area contributed by atoms with Gasteiger partial charge in [-0.2, -0.15) is 0 Å². The van der Waals surface area contributed by atoms with Crippen molar-refractivity contribution in [3.8, 4) is 5.75 Å². The topological polar surface area (TPSA) is 105 Å². The van der Waals surface area contributed by atoms with Gasteiger partial charge in [-0.05, 0) is 87.1 Å². The number of rotatable bonds is 2. The van der Waals surface area contributed by atoms with Crippen molar-refractivity contribution in [2.75, 3.05) is 45.8 Å². The predicted octanol–water partition coefficient (Wildman–Crippen LogP) is 5.91. The molecular formula is C36H50ClN3O6S. The Hall–Kier alpha value is -2.82. The molecule has 11 heteroatoms. The van der Waals surface area contributed by atoms with Gasteiger partial charge < -0.3 is 19.3 Å². The number of carbonyl (C=O) groups excluding carboxylic acids is 2. The second-order valence-electron chi connectivity index (χ2n) is 14.3. The normalized spacial score (nSPS) is 35.0. The largest absolute Gasteiger partial charge is 0.490 e. The zero-order valence-electron chi connectivity index (χ0n) is 28.5. The van der Waals surface area contributed by atoms with E-state index in [1.807, 2.05) is 25.2 Å². The van der Waals surface area contributed by atoms with E-state index in [1.165, 1.54) is 0 Å². The maximum Gasteiger partial charge on any atom is 0.264 e. The van der Waals surface area contributed by atoms with E-state index < -0.39 is 26.8 Å². The quantitative estimate of drug-likeness (QED) is 0.385. The highest BCUT2D eigenvalue weighted by Crippen LogP contribution is 2.47. The standard InChI is InChI=1S/C36H50ClN3O6S/c1-24-10-9-17-36(45-6,34(42)39(4)5)30-14-12-27(30)22-40-19-8-7-11-28-21-29(37)16-18-35(28,3)23-46-32-15-13-26(20-31(32)40)33(41)38-47(43,44)25(24)2/h9,13,15-18,20-21,24-25,27-28,30H,7-8,10-12,14,19,22-23H2,1-6H3,(H,38,41)/b17-9+/t24-,25+,27-,28?,30+,35?,36+/m0/s1. The molecule has 5 rings (SSSR count). The lowest BCUT2D eigenvalue weighted by Gasteiger charge is -2.49. The van der Waals surface area contributed by atoms with Crippen molar-refractivity contribution in [3.63, 3.8) is 0 Å². The van der Waals surface area contributed by atoms with Crippen LogP contribution in [-0.2, 0) is 19.6 Å². The number of amides is 2. The maximum atomic E-state index is 13.9. The fraction of sp³-hybridized carbons (Fsp3) is 0.611. The number of anilines is 1. The monoisotopic (exact) mass is 687 g/mol. The summed E-state index contributed by atoms with van der Waals surface area (Å²) in [6.07, 6.45) is 14.9. The number of hydrogen-bond acceptors (Lipinski definition) is 7. The molecule has 2 unspecified atom stereocenters. The highest BCUT2D eigenvalue weighted by atomic mass is 35.5. The lowest BCUT2D eigenvalue weighted by Crippen LogP contribution is -2.58. The third-order valence-electron chi connectivity index (χ3n) is 11.0. The van der Waals surface area contributed by atoms with Gasteiger partial charge in [0.25, 0.3) is 11.8 Å². The van der Waals surface area contributed by atoms with Crippen molar-refractivity contribution in [1.29, 1.82) is 0 Å². The van der Waals surface area contributed by atoms with Gasteiger partial charge in [0.15, 0.2) is 5.60 Å². The van der Waals surface area contributed by atoms with E-state index in [-0.39, 0.29) is 40.6 Å². The number of likely N-dealkylation sites (N-methyl/N-ethyl adjacent to an activating group) is 1. The smallest absolute Gasteiger partial charge is 0.264 e. The summed E-state index contributed by atoms with van der Waals surface area (Å²) in [5, 5.41) is -0.122. The van der Waals surface area contributed by atoms with Crippen molar-refractivity contribution >= 4 is 39.1 Å². The molecule has 2 aliphatic carbocycles. The first-order valence-electron chi connectivity index (χ1n) is 16.8. The second-order valence-corrected chi connectivity index (χ2v) is 16.8. The molecule has 1 aromatic carbocycles. The van der Waals surface area contributed by atoms with E-state index >= 15 is 0 Å². The number of sulfonamides is 1. The Bertz CT molecular complexity index is 1560. The van der Waals surface area contributed by atoms with Crippen molar-refractivity contribution in [2.45, 2.75) is 70.1 Å². The third kappa shape index (κ3) is 7.15. The molecule has 7 atom stereocenters. The third-order valence-corrected chi connectivity index (χ3v) is 13.2. The van der Waals surface area contributed by atoms with Crippen molar-refractivity contribution in [2.24, 2.45) is 29.1 Å². The molecule has 2 amide bonds. The maximum absolute atomic E-state index is 13.9. The van der Waals surface area contributed by atoms with Crippen molar-refractivity contribution < 1.29 is 27.5 Å². The van der Waals surface area contributed by atoms with Gasteiger partial charge in [0.05, 0.1) is 17.5 Å². The molecule has 1 fully saturated rings. The number of fused-ring (bicyclic) bond motifs is 3. The van der Waals surface area contributed by atoms with Crippen LogP contribution in [0.3, 0.4) is 0 Å². The van der Waals surface area contributed by atoms with Crippen molar-refractivity contribution in [3.05, 3.63) is 59.2 Å². The molecule has 0 spiro atoms. The Labute approximate surface area is 285 Å². The molecule has 0 saturated heterocycles. The molecule has 2 aliphatic heterocycles. The molecule has 47 heavy (non-hydrogen) atoms. The van der Waals surface area contributed by atoms with Gasteiger partial charge in [0, 0.05) is 56.2 Å². The molecule has 4 aliphatic rings. The summed E-state index contributed by atoms with van der Waals surface area (Å²) in [6, 6.07) is 5.17. The van der Waals surface area contributed by atoms with Crippen LogP contribution in [-0.4, -0.2) is 76.9 Å². The number of hydrogen-bond donors (Lipinski definition) is 1. The minimum atomic E-state index is -4.01. The van der Waals surface area contributed by atoms with Crippen LogP contribution in [0, 0.1) is 29.1 Å². The number of halogens is 1. The average molecular weight is 688 g/mol. The fourth-order valence-electron chi connectivity index (χ4n) is 7.52. The van der Waals surface area contributed by atoms with Crippen LogP contribution >= 0.6 is 11.6 Å². The van der Waals surface area contributed by atoms with Crippen LogP contribution in [0.4, 0.5) is 5.69 Å². The SMILES string of the molecule is CO[C@]1(C(=O)N(C)C)/C=C/C[C@H](C)[C@@H](C)S(=O)(=O)NC(=O)c2ccc3c(c2)N(CCCCC2C=C(Cl)C=CC2(C)CO3)C[C@@H]2CC[C@H]21. The molecular weight excluding hydrogens is 638 g/mol. The van der Waals surface area contributed by atoms with Crippen LogP contribution in [0.25, 0.3) is 0 Å². The van der Waals surface area contributed by atoms with Gasteiger partial charge in [-0.1, -0.05) is 50.1 Å². The van der Waals surface area contributed by atoms with Gasteiger partial charge >= 0.3 is 0 Å². The Balaban J connectivity index is 1.61. The average Bonchev–Trinajstić information content (AvgIpc) is 3.04. The van der Waals surface area contributed by atoms with E-state index in [9.17, 15) is 18.0 Å². The first kappa shape index (κ1) is 35.5. The summed E-state index contributed by atoms with van der Waals surface area (Å²) < 4.78 is 41.9. The number of benzene rings is 1. The molecule has 1 saturated carbocycles. The lowest BCUT2D eigenvalue weighted by atomic mass is 9.63. The Morgan fingerprint density at radius 3 is 2.60 bits per heavy atom. The number of methoxy groups -OCH3 is 1. The van der Waals surface area contributed by atoms with Crippen LogP contribution in [0.15, 0.2) is 53.6 Å². The van der Waals surface area contributed by atoms with Gasteiger partial charge in [0.2, 0.25) is 10.0 Å². The minimum Gasteiger partial charge on any atom is -0.490 e. The summed E-state index contributed by atoms with van der Waals surface area (Å²) in [6.45, 7) is 7.36. The summed E-state index contributed by atoms with van der Waals surface area (Å²) in [7, 11) is 1.06. The first-order valence-corrected chi connectivity index (χ1v) is 18.7. The first-order chi connectivity index (χ1) is 22.2. The van der Waals surface area contributed by atoms with Crippen LogP contribution < -0.4 is 14.4 Å². The number of ether oxygens (including phenoxy) is 2. The zero-order valence-corrected chi connectivity index (χ0v) is 30.1. The second kappa shape index (κ2) is 14.0. The van der Waals surface area contributed by atoms with E-state index in [4.69, 9.17) is 21.1 Å². The summed E-state index contributed by atoms with van der Waals surface area (Å²) in [5.41, 5.74) is -0.469. The van der Waals surface area contributed by atoms with Crippen molar-refractivity contribution in [1.82, 2.24) is 9.62 Å². The minimum absolute atomic E-state index is 0.0868. The van der Waals surface area contributed by atoms with Crippen LogP contribution in [0.1, 0.15) is 69.7 Å². The fourth-order valence-corrected chi connectivity index (χ4v) is 9.02. The molecule has 1 aromatic rings. The van der Waals surface area contributed by atoms with E-state index in [2.05, 4.69) is 28.7 Å². The van der Waals surface area contributed by atoms with Gasteiger partial charge in [-0.15, -0.1) is 0 Å². The predicted molar refractivity (Wildman–Crippen MR) is 186 cm³/mol. The van der Waals surface area contributed by atoms with E-state index in [0.717, 1.165) is 42.8 Å². The summed E-state index contributed by atoms with van der Waals surface area (Å²) in [5.74, 6) is -0.239. The molecule has 9 nitrogen and oxygen atoms in total. The van der Waals surface area contributed by atoms with Crippen LogP contribution in [0.2, 0.25) is 0 Å². The Morgan fingerprint density at radius 1 is 1.15 bits per heavy atom. The molecule has 2 heterocycles.